The van der Waals surface area contributed by atoms with E-state index in [4.69, 9.17) is 4.42 Å². The molecular formula is C15H17NO3. The standard InChI is InChI=1S/C15H17NO3/c1-11(2)13-6-5-12(15(10-13)16(17)18)7-8-14-4-3-9-19-14/h3-6,9-11H,7-8H2,1-2H3. The molecule has 1 aromatic carbocycles. The Kier molecular flexibility index (Phi) is 4.00. The van der Waals surface area contributed by atoms with Crippen LogP contribution in [0, 0.1) is 10.1 Å². The molecule has 0 aliphatic heterocycles. The molecule has 0 aliphatic rings. The first-order chi connectivity index (χ1) is 9.08. The first-order valence-electron chi connectivity index (χ1n) is 6.37. The second-order valence-electron chi connectivity index (χ2n) is 4.88. The van der Waals surface area contributed by atoms with Gasteiger partial charge in [0.25, 0.3) is 5.69 Å². The van der Waals surface area contributed by atoms with Gasteiger partial charge in [0.15, 0.2) is 0 Å². The number of nitrogens with zero attached hydrogens (tertiary/aromatic N) is 1. The maximum absolute atomic E-state index is 11.1. The minimum atomic E-state index is -0.302. The highest BCUT2D eigenvalue weighted by Crippen LogP contribution is 2.25. The van der Waals surface area contributed by atoms with Gasteiger partial charge in [-0.25, -0.2) is 0 Å². The van der Waals surface area contributed by atoms with Gasteiger partial charge in [-0.3, -0.25) is 10.1 Å². The van der Waals surface area contributed by atoms with Crippen molar-refractivity contribution in [3.05, 3.63) is 63.6 Å². The number of nitro benzene ring substituents is 1. The van der Waals surface area contributed by atoms with Crippen LogP contribution < -0.4 is 0 Å². The van der Waals surface area contributed by atoms with E-state index in [1.165, 1.54) is 0 Å². The molecule has 0 atom stereocenters. The van der Waals surface area contributed by atoms with Gasteiger partial charge in [0, 0.05) is 18.1 Å². The fraction of sp³-hybridized carbons (Fsp3) is 0.333. The van der Waals surface area contributed by atoms with Gasteiger partial charge >= 0.3 is 0 Å². The lowest BCUT2D eigenvalue weighted by molar-refractivity contribution is -0.385. The molecule has 0 bridgehead atoms. The number of nitro groups is 1. The van der Waals surface area contributed by atoms with Crippen molar-refractivity contribution in [2.75, 3.05) is 0 Å². The number of furan rings is 1. The molecular weight excluding hydrogens is 242 g/mol. The summed E-state index contributed by atoms with van der Waals surface area (Å²) < 4.78 is 5.25. The normalized spacial score (nSPS) is 10.9. The molecule has 19 heavy (non-hydrogen) atoms. The van der Waals surface area contributed by atoms with Crippen LogP contribution in [-0.4, -0.2) is 4.92 Å². The Morgan fingerprint density at radius 2 is 2.05 bits per heavy atom. The lowest BCUT2D eigenvalue weighted by atomic mass is 9.98. The molecule has 1 aromatic heterocycles. The maximum Gasteiger partial charge on any atom is 0.272 e. The van der Waals surface area contributed by atoms with Crippen molar-refractivity contribution in [2.45, 2.75) is 32.6 Å². The van der Waals surface area contributed by atoms with Crippen LogP contribution in [0.2, 0.25) is 0 Å². The Balaban J connectivity index is 2.21. The number of rotatable bonds is 5. The molecule has 0 saturated carbocycles. The molecule has 1 heterocycles. The molecule has 0 aliphatic carbocycles. The topological polar surface area (TPSA) is 56.3 Å². The molecule has 0 spiro atoms. The molecule has 0 unspecified atom stereocenters. The Morgan fingerprint density at radius 1 is 1.26 bits per heavy atom. The molecule has 0 amide bonds. The van der Waals surface area contributed by atoms with E-state index in [0.29, 0.717) is 12.8 Å². The van der Waals surface area contributed by atoms with Crippen molar-refractivity contribution in [3.8, 4) is 0 Å². The number of hydrogen-bond donors (Lipinski definition) is 0. The highest BCUT2D eigenvalue weighted by Gasteiger charge is 2.15. The lowest BCUT2D eigenvalue weighted by Gasteiger charge is -2.08. The van der Waals surface area contributed by atoms with Gasteiger partial charge in [-0.15, -0.1) is 0 Å². The maximum atomic E-state index is 11.1. The average Bonchev–Trinajstić information content (AvgIpc) is 2.89. The third kappa shape index (κ3) is 3.22. The van der Waals surface area contributed by atoms with Crippen LogP contribution in [0.3, 0.4) is 0 Å². The molecule has 0 N–H and O–H groups in total. The van der Waals surface area contributed by atoms with E-state index < -0.39 is 0 Å². The van der Waals surface area contributed by atoms with E-state index in [9.17, 15) is 10.1 Å². The van der Waals surface area contributed by atoms with Crippen LogP contribution in [0.15, 0.2) is 41.0 Å². The fourth-order valence-corrected chi connectivity index (χ4v) is 2.03. The minimum absolute atomic E-state index is 0.206. The van der Waals surface area contributed by atoms with Crippen LogP contribution in [0.4, 0.5) is 5.69 Å². The molecule has 0 fully saturated rings. The van der Waals surface area contributed by atoms with Crippen LogP contribution in [0.5, 0.6) is 0 Å². The summed E-state index contributed by atoms with van der Waals surface area (Å²) in [5.74, 6) is 1.14. The van der Waals surface area contributed by atoms with E-state index in [1.807, 2.05) is 38.1 Å². The highest BCUT2D eigenvalue weighted by molar-refractivity contribution is 5.44. The third-order valence-corrected chi connectivity index (χ3v) is 3.19. The van der Waals surface area contributed by atoms with Gasteiger partial charge in [-0.05, 0) is 30.0 Å². The minimum Gasteiger partial charge on any atom is -0.469 e. The summed E-state index contributed by atoms with van der Waals surface area (Å²) in [5, 5.41) is 11.1. The van der Waals surface area contributed by atoms with E-state index in [0.717, 1.165) is 16.9 Å². The van der Waals surface area contributed by atoms with Crippen LogP contribution in [0.25, 0.3) is 0 Å². The molecule has 2 aromatic rings. The number of aryl methyl sites for hydroxylation is 2. The highest BCUT2D eigenvalue weighted by atomic mass is 16.6. The zero-order valence-electron chi connectivity index (χ0n) is 11.1. The van der Waals surface area contributed by atoms with Gasteiger partial charge in [-0.2, -0.15) is 0 Å². The van der Waals surface area contributed by atoms with Gasteiger partial charge in [-0.1, -0.05) is 26.0 Å². The van der Waals surface area contributed by atoms with Gasteiger partial charge < -0.3 is 4.42 Å². The quantitative estimate of drug-likeness (QED) is 0.600. The summed E-state index contributed by atoms with van der Waals surface area (Å²) in [6.45, 7) is 4.06. The second-order valence-corrected chi connectivity index (χ2v) is 4.88. The van der Waals surface area contributed by atoms with Gasteiger partial charge in [0.2, 0.25) is 0 Å². The van der Waals surface area contributed by atoms with Crippen molar-refractivity contribution in [1.82, 2.24) is 0 Å². The van der Waals surface area contributed by atoms with E-state index in [2.05, 4.69) is 0 Å². The smallest absolute Gasteiger partial charge is 0.272 e. The lowest BCUT2D eigenvalue weighted by Crippen LogP contribution is -2.00. The summed E-state index contributed by atoms with van der Waals surface area (Å²) in [6.07, 6.45) is 2.91. The predicted molar refractivity (Wildman–Crippen MR) is 73.3 cm³/mol. The van der Waals surface area contributed by atoms with Crippen molar-refractivity contribution < 1.29 is 9.34 Å². The summed E-state index contributed by atoms with van der Waals surface area (Å²) in [6, 6.07) is 9.22. The SMILES string of the molecule is CC(C)c1ccc(CCc2ccco2)c([N+](=O)[O-])c1. The van der Waals surface area contributed by atoms with Crippen molar-refractivity contribution in [2.24, 2.45) is 0 Å². The summed E-state index contributed by atoms with van der Waals surface area (Å²) >= 11 is 0. The molecule has 4 nitrogen and oxygen atoms in total. The van der Waals surface area contributed by atoms with E-state index in [1.54, 1.807) is 12.3 Å². The van der Waals surface area contributed by atoms with E-state index in [-0.39, 0.29) is 16.5 Å². The van der Waals surface area contributed by atoms with Crippen molar-refractivity contribution >= 4 is 5.69 Å². The van der Waals surface area contributed by atoms with Crippen LogP contribution >= 0.6 is 0 Å². The molecule has 100 valence electrons. The van der Waals surface area contributed by atoms with Crippen molar-refractivity contribution in [1.29, 1.82) is 0 Å². The largest absolute Gasteiger partial charge is 0.469 e. The molecule has 0 radical (unpaired) electrons. The first-order valence-corrected chi connectivity index (χ1v) is 6.37. The van der Waals surface area contributed by atoms with Crippen LogP contribution in [0.1, 0.15) is 36.7 Å². The molecule has 0 saturated heterocycles. The molecule has 2 rings (SSSR count). The van der Waals surface area contributed by atoms with E-state index >= 15 is 0 Å². The van der Waals surface area contributed by atoms with Crippen LogP contribution in [-0.2, 0) is 12.8 Å². The summed E-state index contributed by atoms with van der Waals surface area (Å²) in [4.78, 5) is 10.8. The number of hydrogen-bond acceptors (Lipinski definition) is 3. The third-order valence-electron chi connectivity index (χ3n) is 3.19. The zero-order valence-corrected chi connectivity index (χ0v) is 11.1. The Bertz CT molecular complexity index is 559. The Hall–Kier alpha value is -2.10. The second kappa shape index (κ2) is 5.69. The fourth-order valence-electron chi connectivity index (χ4n) is 2.03. The average molecular weight is 259 g/mol. The summed E-state index contributed by atoms with van der Waals surface area (Å²) in [5.41, 5.74) is 1.96. The zero-order chi connectivity index (χ0) is 13.8. The number of benzene rings is 1. The van der Waals surface area contributed by atoms with Crippen molar-refractivity contribution in [3.63, 3.8) is 0 Å². The predicted octanol–water partition coefficient (Wildman–Crippen LogP) is 4.10. The van der Waals surface area contributed by atoms with Gasteiger partial charge in [0.05, 0.1) is 11.2 Å². The Morgan fingerprint density at radius 3 is 2.63 bits per heavy atom. The van der Waals surface area contributed by atoms with Gasteiger partial charge in [0.1, 0.15) is 5.76 Å². The first kappa shape index (κ1) is 13.3. The monoisotopic (exact) mass is 259 g/mol. The summed E-state index contributed by atoms with van der Waals surface area (Å²) in [7, 11) is 0. The Labute approximate surface area is 112 Å². The molecule has 4 heteroatoms.